The van der Waals surface area contributed by atoms with Crippen LogP contribution in [-0.4, -0.2) is 13.0 Å². The number of hydrogen-bond donors (Lipinski definition) is 0. The molecule has 3 aromatic carbocycles. The molecular weight excluding hydrogens is 382 g/mol. The van der Waals surface area contributed by atoms with Crippen molar-refractivity contribution in [2.45, 2.75) is 18.2 Å². The van der Waals surface area contributed by atoms with Gasteiger partial charge in [0, 0.05) is 0 Å². The van der Waals surface area contributed by atoms with E-state index in [2.05, 4.69) is 6.58 Å². The molecule has 0 saturated heterocycles. The maximum absolute atomic E-state index is 11.6. The average molecular weight is 397 g/mol. The van der Waals surface area contributed by atoms with E-state index in [4.69, 9.17) is 0 Å². The van der Waals surface area contributed by atoms with Gasteiger partial charge in [-0.3, -0.25) is 0 Å². The first-order chi connectivity index (χ1) is 10.4. The molecule has 0 radical (unpaired) electrons. The molecule has 0 atom stereocenters. The minimum atomic E-state index is -4.51. The van der Waals surface area contributed by atoms with Gasteiger partial charge < -0.3 is 4.55 Å². The summed E-state index contributed by atoms with van der Waals surface area (Å²) in [6, 6.07) is 14.9. The Labute approximate surface area is 184 Å². The summed E-state index contributed by atoms with van der Waals surface area (Å²) in [7, 11) is -4.51. The van der Waals surface area contributed by atoms with Crippen LogP contribution in [0.3, 0.4) is 0 Å². The van der Waals surface area contributed by atoms with Crippen LogP contribution in [0.1, 0.15) is 12.5 Å². The fraction of sp³-hybridized carbons (Fsp3) is 0.111. The molecule has 0 amide bonds. The van der Waals surface area contributed by atoms with Crippen molar-refractivity contribution < 1.29 is 71.2 Å². The Kier molecular flexibility index (Phi) is 5.98. The average Bonchev–Trinajstić information content (AvgIpc) is 2.44. The predicted octanol–water partition coefficient (Wildman–Crippen LogP) is 1.02. The second kappa shape index (κ2) is 7.25. The zero-order valence-electron chi connectivity index (χ0n) is 13.2. The first kappa shape index (κ1) is 19.0. The van der Waals surface area contributed by atoms with E-state index >= 15 is 0 Å². The molecule has 3 rings (SSSR count). The molecule has 0 saturated carbocycles. The molecule has 5 heteroatoms. The van der Waals surface area contributed by atoms with Crippen molar-refractivity contribution in [1.29, 1.82) is 0 Å². The van der Waals surface area contributed by atoms with Gasteiger partial charge in [-0.05, 0) is 58.7 Å². The summed E-state index contributed by atoms with van der Waals surface area (Å²) < 4.78 is 34.7. The van der Waals surface area contributed by atoms with Gasteiger partial charge in [0.15, 0.2) is 0 Å². The van der Waals surface area contributed by atoms with Crippen molar-refractivity contribution >= 4 is 31.7 Å². The topological polar surface area (TPSA) is 57.2 Å². The van der Waals surface area contributed by atoms with Gasteiger partial charge in [0.1, 0.15) is 10.1 Å². The quantitative estimate of drug-likeness (QED) is 0.377. The summed E-state index contributed by atoms with van der Waals surface area (Å²) in [6.07, 6.45) is 0.368. The molecule has 0 aliphatic heterocycles. The molecule has 3 aromatic rings. The Balaban J connectivity index is 0.00000192. The maximum Gasteiger partial charge on any atom is 1.00 e. The molecule has 0 N–H and O–H groups in total. The first-order valence-electron chi connectivity index (χ1n) is 6.91. The van der Waals surface area contributed by atoms with E-state index in [1.165, 1.54) is 6.07 Å². The minimum Gasteiger partial charge on any atom is -0.744 e. The van der Waals surface area contributed by atoms with E-state index < -0.39 is 10.1 Å². The number of rotatable bonds is 3. The van der Waals surface area contributed by atoms with E-state index in [-0.39, 0.29) is 63.1 Å². The number of fused-ring (bicyclic) bond motifs is 2. The van der Waals surface area contributed by atoms with Crippen LogP contribution in [0.5, 0.6) is 0 Å². The van der Waals surface area contributed by atoms with Crippen LogP contribution < -0.4 is 58.2 Å². The van der Waals surface area contributed by atoms with E-state index in [9.17, 15) is 13.0 Å². The molecule has 0 spiro atoms. The van der Waals surface area contributed by atoms with Gasteiger partial charge in [-0.25, -0.2) is 8.42 Å². The van der Waals surface area contributed by atoms with Crippen LogP contribution in [0.4, 0.5) is 0 Å². The van der Waals surface area contributed by atoms with Gasteiger partial charge in [-0.1, -0.05) is 42.5 Å². The number of allylic oxidation sites excluding steroid dienone is 1. The monoisotopic (exact) mass is 396 g/mol. The summed E-state index contributed by atoms with van der Waals surface area (Å²) in [5.41, 5.74) is 1.34. The molecule has 0 aromatic heterocycles. The molecule has 0 bridgehead atoms. The predicted molar refractivity (Wildman–Crippen MR) is 87.9 cm³/mol. The van der Waals surface area contributed by atoms with Crippen LogP contribution in [-0.2, 0) is 16.5 Å². The zero-order valence-corrected chi connectivity index (χ0v) is 18.9. The van der Waals surface area contributed by atoms with Crippen molar-refractivity contribution in [3.8, 4) is 0 Å². The van der Waals surface area contributed by atoms with Gasteiger partial charge in [0.2, 0.25) is 0 Å². The smallest absolute Gasteiger partial charge is 0.744 e. The molecule has 0 fully saturated rings. The fourth-order valence-electron chi connectivity index (χ4n) is 2.77. The third kappa shape index (κ3) is 4.01. The van der Waals surface area contributed by atoms with Crippen LogP contribution in [0.25, 0.3) is 21.5 Å². The largest absolute Gasteiger partial charge is 1.00 e. The molecule has 23 heavy (non-hydrogen) atoms. The normalized spacial score (nSPS) is 11.4. The third-order valence-corrected chi connectivity index (χ3v) is 4.62. The van der Waals surface area contributed by atoms with Crippen molar-refractivity contribution in [3.63, 3.8) is 0 Å². The Bertz CT molecular complexity index is 1010. The Morgan fingerprint density at radius 1 is 1.04 bits per heavy atom. The SMILES string of the molecule is C=C(C)Cc1c(S(=O)(=O)[O-])ccc2cc3ccccc3cc12.[Rb+]. The van der Waals surface area contributed by atoms with Gasteiger partial charge >= 0.3 is 58.2 Å². The molecule has 3 nitrogen and oxygen atoms in total. The van der Waals surface area contributed by atoms with Crippen molar-refractivity contribution in [3.05, 3.63) is 66.2 Å². The van der Waals surface area contributed by atoms with Gasteiger partial charge in [0.25, 0.3) is 0 Å². The second-order valence-electron chi connectivity index (χ2n) is 5.55. The fourth-order valence-corrected chi connectivity index (χ4v) is 3.49. The molecule has 0 heterocycles. The van der Waals surface area contributed by atoms with Gasteiger partial charge in [-0.15, -0.1) is 0 Å². The van der Waals surface area contributed by atoms with E-state index in [0.29, 0.717) is 12.0 Å². The maximum atomic E-state index is 11.6. The third-order valence-electron chi connectivity index (χ3n) is 3.70. The molecular formula is C18H15O3RbS. The minimum absolute atomic E-state index is 0. The Morgan fingerprint density at radius 3 is 2.22 bits per heavy atom. The van der Waals surface area contributed by atoms with Gasteiger partial charge in [-0.2, -0.15) is 0 Å². The zero-order chi connectivity index (χ0) is 15.9. The van der Waals surface area contributed by atoms with Crippen LogP contribution in [0, 0.1) is 0 Å². The van der Waals surface area contributed by atoms with E-state index in [1.807, 2.05) is 43.3 Å². The number of benzene rings is 3. The van der Waals surface area contributed by atoms with Gasteiger partial charge in [0.05, 0.1) is 4.90 Å². The summed E-state index contributed by atoms with van der Waals surface area (Å²) in [5, 5.41) is 3.80. The second-order valence-corrected chi connectivity index (χ2v) is 6.90. The summed E-state index contributed by atoms with van der Waals surface area (Å²) in [4.78, 5) is -0.154. The molecule has 0 unspecified atom stereocenters. The van der Waals surface area contributed by atoms with Crippen molar-refractivity contribution in [2.75, 3.05) is 0 Å². The van der Waals surface area contributed by atoms with E-state index in [0.717, 1.165) is 27.1 Å². The number of hydrogen-bond acceptors (Lipinski definition) is 3. The molecule has 0 aliphatic carbocycles. The standard InChI is InChI=1S/C18H16O3S.Rb/c1-12(2)9-17-16-11-14-6-4-3-5-13(14)10-15(16)7-8-18(17)22(19,20)21;/h3-8,10-11H,1,9H2,2H3,(H,19,20,21);/q;+1/p-1. The Morgan fingerprint density at radius 2 is 1.65 bits per heavy atom. The summed E-state index contributed by atoms with van der Waals surface area (Å²) >= 11 is 0. The van der Waals surface area contributed by atoms with Crippen LogP contribution >= 0.6 is 0 Å². The van der Waals surface area contributed by atoms with E-state index in [1.54, 1.807) is 6.07 Å². The molecule has 112 valence electrons. The summed E-state index contributed by atoms with van der Waals surface area (Å²) in [6.45, 7) is 5.67. The molecule has 0 aliphatic rings. The van der Waals surface area contributed by atoms with Crippen molar-refractivity contribution in [1.82, 2.24) is 0 Å². The first-order valence-corrected chi connectivity index (χ1v) is 8.32. The summed E-state index contributed by atoms with van der Waals surface area (Å²) in [5.74, 6) is 0. The van der Waals surface area contributed by atoms with Crippen LogP contribution in [0.15, 0.2) is 65.6 Å². The Hall–Kier alpha value is -0.365. The van der Waals surface area contributed by atoms with Crippen LogP contribution in [0.2, 0.25) is 0 Å². The van der Waals surface area contributed by atoms with Crippen molar-refractivity contribution in [2.24, 2.45) is 0 Å².